The van der Waals surface area contributed by atoms with Crippen molar-refractivity contribution in [2.75, 3.05) is 12.0 Å². The summed E-state index contributed by atoms with van der Waals surface area (Å²) in [7, 11) is 0. The van der Waals surface area contributed by atoms with Crippen molar-refractivity contribution < 1.29 is 4.79 Å². The molecule has 0 bridgehead atoms. The van der Waals surface area contributed by atoms with Crippen molar-refractivity contribution in [3.05, 3.63) is 40.7 Å². The normalized spacial score (nSPS) is 12.3. The molecule has 20 heavy (non-hydrogen) atoms. The van der Waals surface area contributed by atoms with Gasteiger partial charge in [0.05, 0.1) is 18.2 Å². The molecule has 0 saturated heterocycles. The van der Waals surface area contributed by atoms with Crippen LogP contribution in [-0.4, -0.2) is 28.8 Å². The minimum atomic E-state index is -0.369. The molecule has 0 amide bonds. The van der Waals surface area contributed by atoms with Crippen LogP contribution < -0.4 is 5.73 Å². The van der Waals surface area contributed by atoms with E-state index in [9.17, 15) is 4.79 Å². The summed E-state index contributed by atoms with van der Waals surface area (Å²) in [6.45, 7) is 0. The molecule has 106 valence electrons. The van der Waals surface area contributed by atoms with Crippen LogP contribution in [0.15, 0.2) is 35.7 Å². The summed E-state index contributed by atoms with van der Waals surface area (Å²) in [5.41, 5.74) is 7.89. The minimum absolute atomic E-state index is 0.0769. The number of nitrogens with zero attached hydrogens (tertiary/aromatic N) is 1. The predicted molar refractivity (Wildman–Crippen MR) is 87.2 cm³/mol. The van der Waals surface area contributed by atoms with E-state index < -0.39 is 0 Å². The maximum absolute atomic E-state index is 12.0. The summed E-state index contributed by atoms with van der Waals surface area (Å²) in [6.07, 6.45) is 3.09. The van der Waals surface area contributed by atoms with E-state index in [4.69, 9.17) is 5.73 Å². The lowest BCUT2D eigenvalue weighted by atomic mass is 10.1. The lowest BCUT2D eigenvalue weighted by molar-refractivity contribution is -0.119. The third-order valence-electron chi connectivity index (χ3n) is 2.99. The van der Waals surface area contributed by atoms with Gasteiger partial charge in [0.1, 0.15) is 5.01 Å². The Morgan fingerprint density at radius 3 is 2.85 bits per heavy atom. The van der Waals surface area contributed by atoms with Gasteiger partial charge in [-0.25, -0.2) is 4.98 Å². The quantitative estimate of drug-likeness (QED) is 0.854. The molecule has 0 radical (unpaired) electrons. The minimum Gasteiger partial charge on any atom is -0.321 e. The first-order chi connectivity index (χ1) is 9.70. The Hall–Kier alpha value is -1.17. The average Bonchev–Trinajstić information content (AvgIpc) is 2.94. The number of hydrogen-bond acceptors (Lipinski definition) is 5. The lowest BCUT2D eigenvalue weighted by Crippen LogP contribution is -2.32. The zero-order chi connectivity index (χ0) is 14.4. The molecule has 3 nitrogen and oxygen atoms in total. The Labute approximate surface area is 127 Å². The van der Waals surface area contributed by atoms with Crippen LogP contribution in [0.3, 0.4) is 0 Å². The van der Waals surface area contributed by atoms with Crippen LogP contribution in [0.5, 0.6) is 0 Å². The molecule has 2 rings (SSSR count). The Morgan fingerprint density at radius 1 is 1.40 bits per heavy atom. The van der Waals surface area contributed by atoms with E-state index in [0.717, 1.165) is 28.4 Å². The van der Waals surface area contributed by atoms with Crippen LogP contribution in [0.1, 0.15) is 11.4 Å². The number of nitrogens with two attached hydrogens (primary N) is 1. The molecule has 0 aliphatic rings. The molecule has 0 aliphatic heterocycles. The number of carbonyl (C=O) groups excluding carboxylic acids is 1. The molecule has 1 atom stereocenters. The van der Waals surface area contributed by atoms with Crippen molar-refractivity contribution >= 4 is 28.9 Å². The monoisotopic (exact) mass is 306 g/mol. The third-order valence-corrected chi connectivity index (χ3v) is 4.49. The second-order valence-corrected chi connectivity index (χ2v) is 6.45. The SMILES string of the molecule is CSCCC(N)C(=O)Cc1nc(-c2ccccc2)cs1. The Balaban J connectivity index is 1.98. The van der Waals surface area contributed by atoms with Gasteiger partial charge in [-0.15, -0.1) is 11.3 Å². The number of thioether (sulfide) groups is 1. The van der Waals surface area contributed by atoms with Crippen molar-refractivity contribution in [2.24, 2.45) is 5.73 Å². The van der Waals surface area contributed by atoms with Crippen molar-refractivity contribution in [1.29, 1.82) is 0 Å². The fraction of sp³-hybridized carbons (Fsp3) is 0.333. The van der Waals surface area contributed by atoms with E-state index in [2.05, 4.69) is 4.98 Å². The summed E-state index contributed by atoms with van der Waals surface area (Å²) >= 11 is 3.23. The molecular weight excluding hydrogens is 288 g/mol. The maximum Gasteiger partial charge on any atom is 0.156 e. The zero-order valence-electron chi connectivity index (χ0n) is 11.4. The van der Waals surface area contributed by atoms with Gasteiger partial charge in [-0.3, -0.25) is 4.79 Å². The highest BCUT2D eigenvalue weighted by Crippen LogP contribution is 2.22. The van der Waals surface area contributed by atoms with Gasteiger partial charge in [-0.05, 0) is 18.4 Å². The molecule has 2 N–H and O–H groups in total. The maximum atomic E-state index is 12.0. The number of rotatable bonds is 7. The largest absolute Gasteiger partial charge is 0.321 e. The van der Waals surface area contributed by atoms with Crippen molar-refractivity contribution in [3.8, 4) is 11.3 Å². The van der Waals surface area contributed by atoms with Gasteiger partial charge in [0.15, 0.2) is 5.78 Å². The van der Waals surface area contributed by atoms with Crippen molar-refractivity contribution in [2.45, 2.75) is 18.9 Å². The fourth-order valence-corrected chi connectivity index (χ4v) is 3.12. The van der Waals surface area contributed by atoms with Crippen LogP contribution in [0.25, 0.3) is 11.3 Å². The third kappa shape index (κ3) is 4.16. The molecule has 2 aromatic rings. The second kappa shape index (κ2) is 7.57. The van der Waals surface area contributed by atoms with E-state index in [1.807, 2.05) is 42.0 Å². The lowest BCUT2D eigenvalue weighted by Gasteiger charge is -2.07. The number of hydrogen-bond donors (Lipinski definition) is 1. The summed E-state index contributed by atoms with van der Waals surface area (Å²) in [5.74, 6) is 0.994. The summed E-state index contributed by atoms with van der Waals surface area (Å²) < 4.78 is 0. The molecule has 1 aromatic carbocycles. The first-order valence-corrected chi connectivity index (χ1v) is 8.75. The van der Waals surface area contributed by atoms with Gasteiger partial charge >= 0.3 is 0 Å². The summed E-state index contributed by atoms with van der Waals surface area (Å²) in [6, 6.07) is 9.61. The van der Waals surface area contributed by atoms with E-state index >= 15 is 0 Å². The van der Waals surface area contributed by atoms with E-state index in [-0.39, 0.29) is 11.8 Å². The Kier molecular flexibility index (Phi) is 5.76. The van der Waals surface area contributed by atoms with Gasteiger partial charge in [-0.2, -0.15) is 11.8 Å². The van der Waals surface area contributed by atoms with Gasteiger partial charge in [0.2, 0.25) is 0 Å². The molecular formula is C15H18N2OS2. The smallest absolute Gasteiger partial charge is 0.156 e. The first-order valence-electron chi connectivity index (χ1n) is 6.47. The van der Waals surface area contributed by atoms with E-state index in [1.165, 1.54) is 11.3 Å². The standard InChI is InChI=1S/C15H18N2OS2/c1-19-8-7-12(16)14(18)9-15-17-13(10-20-15)11-5-3-2-4-6-11/h2-6,10,12H,7-9,16H2,1H3. The van der Waals surface area contributed by atoms with Gasteiger partial charge in [-0.1, -0.05) is 30.3 Å². The van der Waals surface area contributed by atoms with Crippen LogP contribution >= 0.6 is 23.1 Å². The highest BCUT2D eigenvalue weighted by molar-refractivity contribution is 7.98. The molecule has 1 unspecified atom stereocenters. The molecule has 0 aliphatic carbocycles. The van der Waals surface area contributed by atoms with Crippen LogP contribution in [0.2, 0.25) is 0 Å². The van der Waals surface area contributed by atoms with Crippen molar-refractivity contribution in [3.63, 3.8) is 0 Å². The van der Waals surface area contributed by atoms with Gasteiger partial charge < -0.3 is 5.73 Å². The Morgan fingerprint density at radius 2 is 2.15 bits per heavy atom. The summed E-state index contributed by atoms with van der Waals surface area (Å²) in [5, 5.41) is 2.83. The molecule has 5 heteroatoms. The number of Topliss-reactive ketones (excluding diaryl/α,β-unsaturated/α-hetero) is 1. The highest BCUT2D eigenvalue weighted by atomic mass is 32.2. The van der Waals surface area contributed by atoms with Crippen molar-refractivity contribution in [1.82, 2.24) is 4.98 Å². The van der Waals surface area contributed by atoms with Crippen LogP contribution in [0, 0.1) is 0 Å². The highest BCUT2D eigenvalue weighted by Gasteiger charge is 2.15. The molecule has 1 heterocycles. The second-order valence-electron chi connectivity index (χ2n) is 4.52. The molecule has 0 saturated carbocycles. The van der Waals surface area contributed by atoms with Crippen LogP contribution in [0.4, 0.5) is 0 Å². The van der Waals surface area contributed by atoms with E-state index in [1.54, 1.807) is 11.8 Å². The average molecular weight is 306 g/mol. The molecule has 0 spiro atoms. The topological polar surface area (TPSA) is 56.0 Å². The van der Waals surface area contributed by atoms with Crippen LogP contribution in [-0.2, 0) is 11.2 Å². The zero-order valence-corrected chi connectivity index (χ0v) is 13.0. The number of carbonyl (C=O) groups is 1. The predicted octanol–water partition coefficient (Wildman–Crippen LogP) is 3.00. The Bertz CT molecular complexity index is 554. The number of ketones is 1. The summed E-state index contributed by atoms with van der Waals surface area (Å²) in [4.78, 5) is 16.5. The molecule has 0 fully saturated rings. The van der Waals surface area contributed by atoms with Gasteiger partial charge in [0.25, 0.3) is 0 Å². The number of thiazole rings is 1. The van der Waals surface area contributed by atoms with Gasteiger partial charge in [0, 0.05) is 10.9 Å². The molecule has 1 aromatic heterocycles. The fourth-order valence-electron chi connectivity index (χ4n) is 1.82. The van der Waals surface area contributed by atoms with E-state index in [0.29, 0.717) is 6.42 Å². The first kappa shape index (κ1) is 15.2. The number of benzene rings is 1. The number of aromatic nitrogens is 1.